The number of methoxy groups -OCH3 is 1. The van der Waals surface area contributed by atoms with Crippen molar-refractivity contribution in [2.24, 2.45) is 5.92 Å². The molecule has 0 spiro atoms. The zero-order valence-electron chi connectivity index (χ0n) is 11.8. The SMILES string of the molecule is CCNC(c1cc(Cl)ccc1OC)C1CCOC1C. The van der Waals surface area contributed by atoms with Gasteiger partial charge in [0.2, 0.25) is 0 Å². The number of rotatable bonds is 5. The molecule has 0 amide bonds. The van der Waals surface area contributed by atoms with Crippen molar-refractivity contribution in [2.45, 2.75) is 32.4 Å². The smallest absolute Gasteiger partial charge is 0.123 e. The number of hydrogen-bond donors (Lipinski definition) is 1. The van der Waals surface area contributed by atoms with Gasteiger partial charge in [0.15, 0.2) is 0 Å². The highest BCUT2D eigenvalue weighted by molar-refractivity contribution is 6.30. The van der Waals surface area contributed by atoms with E-state index in [0.29, 0.717) is 5.92 Å². The molecule has 2 rings (SSSR count). The highest BCUT2D eigenvalue weighted by Crippen LogP contribution is 2.38. The Bertz CT molecular complexity index is 425. The van der Waals surface area contributed by atoms with Crippen molar-refractivity contribution < 1.29 is 9.47 Å². The Kier molecular flexibility index (Phi) is 5.08. The van der Waals surface area contributed by atoms with Crippen LogP contribution in [0.4, 0.5) is 0 Å². The Labute approximate surface area is 120 Å². The van der Waals surface area contributed by atoms with Gasteiger partial charge < -0.3 is 14.8 Å². The van der Waals surface area contributed by atoms with Crippen LogP contribution in [0.1, 0.15) is 31.9 Å². The van der Waals surface area contributed by atoms with Gasteiger partial charge in [-0.1, -0.05) is 18.5 Å². The molecule has 1 N–H and O–H groups in total. The summed E-state index contributed by atoms with van der Waals surface area (Å²) in [5.41, 5.74) is 1.12. The largest absolute Gasteiger partial charge is 0.496 e. The Balaban J connectivity index is 2.35. The molecule has 1 aromatic carbocycles. The van der Waals surface area contributed by atoms with E-state index in [4.69, 9.17) is 21.1 Å². The number of hydrogen-bond acceptors (Lipinski definition) is 3. The van der Waals surface area contributed by atoms with Crippen molar-refractivity contribution in [1.82, 2.24) is 5.32 Å². The summed E-state index contributed by atoms with van der Waals surface area (Å²) in [6, 6.07) is 6.01. The molecule has 1 aliphatic rings. The molecule has 106 valence electrons. The van der Waals surface area contributed by atoms with E-state index in [1.54, 1.807) is 7.11 Å². The minimum absolute atomic E-state index is 0.219. The first kappa shape index (κ1) is 14.6. The number of ether oxygens (including phenoxy) is 2. The van der Waals surface area contributed by atoms with Crippen molar-refractivity contribution in [3.63, 3.8) is 0 Å². The predicted octanol–water partition coefficient (Wildman–Crippen LogP) is 3.42. The van der Waals surface area contributed by atoms with Gasteiger partial charge in [0, 0.05) is 29.2 Å². The van der Waals surface area contributed by atoms with Crippen LogP contribution in [0.3, 0.4) is 0 Å². The van der Waals surface area contributed by atoms with Crippen molar-refractivity contribution in [1.29, 1.82) is 0 Å². The first-order valence-corrected chi connectivity index (χ1v) is 7.23. The summed E-state index contributed by atoms with van der Waals surface area (Å²) in [6.45, 7) is 5.99. The third kappa shape index (κ3) is 3.22. The average molecular weight is 284 g/mol. The highest BCUT2D eigenvalue weighted by atomic mass is 35.5. The summed E-state index contributed by atoms with van der Waals surface area (Å²) in [5.74, 6) is 1.33. The van der Waals surface area contributed by atoms with Gasteiger partial charge in [-0.05, 0) is 38.1 Å². The lowest BCUT2D eigenvalue weighted by Crippen LogP contribution is -2.32. The maximum absolute atomic E-state index is 6.15. The van der Waals surface area contributed by atoms with Crippen LogP contribution in [0.15, 0.2) is 18.2 Å². The van der Waals surface area contributed by atoms with Crippen molar-refractivity contribution >= 4 is 11.6 Å². The molecule has 3 atom stereocenters. The monoisotopic (exact) mass is 283 g/mol. The van der Waals surface area contributed by atoms with Gasteiger partial charge in [-0.25, -0.2) is 0 Å². The third-order valence-electron chi connectivity index (χ3n) is 3.81. The molecule has 0 aromatic heterocycles. The van der Waals surface area contributed by atoms with E-state index in [1.165, 1.54) is 0 Å². The maximum Gasteiger partial charge on any atom is 0.123 e. The van der Waals surface area contributed by atoms with Crippen LogP contribution in [-0.2, 0) is 4.74 Å². The molecule has 19 heavy (non-hydrogen) atoms. The van der Waals surface area contributed by atoms with Gasteiger partial charge in [0.05, 0.1) is 13.2 Å². The quantitative estimate of drug-likeness (QED) is 0.898. The third-order valence-corrected chi connectivity index (χ3v) is 4.05. The van der Waals surface area contributed by atoms with Gasteiger partial charge in [0.25, 0.3) is 0 Å². The van der Waals surface area contributed by atoms with Crippen LogP contribution in [0.25, 0.3) is 0 Å². The molecule has 0 bridgehead atoms. The molecular formula is C15H22ClNO2. The fourth-order valence-corrected chi connectivity index (χ4v) is 3.03. The second-order valence-electron chi connectivity index (χ2n) is 4.95. The molecule has 1 fully saturated rings. The number of halogens is 1. The molecule has 3 unspecified atom stereocenters. The standard InChI is InChI=1S/C15H22ClNO2/c1-4-17-15(12-7-8-19-10(12)2)13-9-11(16)5-6-14(13)18-3/h5-6,9-10,12,15,17H,4,7-8H2,1-3H3. The van der Waals surface area contributed by atoms with Crippen LogP contribution in [0.5, 0.6) is 5.75 Å². The molecular weight excluding hydrogens is 262 g/mol. The van der Waals surface area contributed by atoms with Crippen molar-refractivity contribution in [3.05, 3.63) is 28.8 Å². The van der Waals surface area contributed by atoms with E-state index in [-0.39, 0.29) is 12.1 Å². The van der Waals surface area contributed by atoms with Crippen LogP contribution < -0.4 is 10.1 Å². The molecule has 3 nitrogen and oxygen atoms in total. The van der Waals surface area contributed by atoms with Crippen molar-refractivity contribution in [3.8, 4) is 5.75 Å². The summed E-state index contributed by atoms with van der Waals surface area (Å²) >= 11 is 6.15. The summed E-state index contributed by atoms with van der Waals surface area (Å²) < 4.78 is 11.2. The van der Waals surface area contributed by atoms with Crippen LogP contribution >= 0.6 is 11.6 Å². The molecule has 1 heterocycles. The topological polar surface area (TPSA) is 30.5 Å². The zero-order valence-corrected chi connectivity index (χ0v) is 12.5. The average Bonchev–Trinajstić information content (AvgIpc) is 2.82. The van der Waals surface area contributed by atoms with E-state index in [9.17, 15) is 0 Å². The van der Waals surface area contributed by atoms with E-state index >= 15 is 0 Å². The molecule has 1 saturated heterocycles. The lowest BCUT2D eigenvalue weighted by molar-refractivity contribution is 0.0952. The Morgan fingerprint density at radius 3 is 2.89 bits per heavy atom. The minimum Gasteiger partial charge on any atom is -0.496 e. The Hall–Kier alpha value is -0.770. The molecule has 1 aliphatic heterocycles. The summed E-state index contributed by atoms with van der Waals surface area (Å²) in [6.07, 6.45) is 1.32. The van der Waals surface area contributed by atoms with Crippen molar-refractivity contribution in [2.75, 3.05) is 20.3 Å². The normalized spacial score (nSPS) is 24.4. The van der Waals surface area contributed by atoms with Gasteiger partial charge >= 0.3 is 0 Å². The predicted molar refractivity (Wildman–Crippen MR) is 77.9 cm³/mol. The lowest BCUT2D eigenvalue weighted by atomic mass is 9.87. The fourth-order valence-electron chi connectivity index (χ4n) is 2.85. The first-order valence-electron chi connectivity index (χ1n) is 6.85. The molecule has 0 radical (unpaired) electrons. The first-order chi connectivity index (χ1) is 9.17. The summed E-state index contributed by atoms with van der Waals surface area (Å²) in [4.78, 5) is 0. The van der Waals surface area contributed by atoms with E-state index < -0.39 is 0 Å². The Morgan fingerprint density at radius 1 is 1.53 bits per heavy atom. The van der Waals surface area contributed by atoms with Gasteiger partial charge in [-0.3, -0.25) is 0 Å². The van der Waals surface area contributed by atoms with Crippen LogP contribution in [0.2, 0.25) is 5.02 Å². The van der Waals surface area contributed by atoms with Crippen LogP contribution in [-0.4, -0.2) is 26.4 Å². The molecule has 4 heteroatoms. The number of nitrogens with one attached hydrogen (secondary N) is 1. The van der Waals surface area contributed by atoms with Gasteiger partial charge in [-0.2, -0.15) is 0 Å². The molecule has 0 saturated carbocycles. The highest BCUT2D eigenvalue weighted by Gasteiger charge is 2.33. The second-order valence-corrected chi connectivity index (χ2v) is 5.39. The second kappa shape index (κ2) is 6.60. The summed E-state index contributed by atoms with van der Waals surface area (Å²) in [7, 11) is 1.70. The fraction of sp³-hybridized carbons (Fsp3) is 0.600. The summed E-state index contributed by atoms with van der Waals surface area (Å²) in [5, 5.41) is 4.30. The maximum atomic E-state index is 6.15. The lowest BCUT2D eigenvalue weighted by Gasteiger charge is -2.28. The zero-order chi connectivity index (χ0) is 13.8. The van der Waals surface area contributed by atoms with Gasteiger partial charge in [0.1, 0.15) is 5.75 Å². The van der Waals surface area contributed by atoms with E-state index in [1.807, 2.05) is 18.2 Å². The molecule has 0 aliphatic carbocycles. The molecule has 1 aromatic rings. The van der Waals surface area contributed by atoms with E-state index in [0.717, 1.165) is 35.9 Å². The Morgan fingerprint density at radius 2 is 2.32 bits per heavy atom. The van der Waals surface area contributed by atoms with Gasteiger partial charge in [-0.15, -0.1) is 0 Å². The minimum atomic E-state index is 0.219. The van der Waals surface area contributed by atoms with E-state index in [2.05, 4.69) is 19.2 Å². The van der Waals surface area contributed by atoms with Crippen LogP contribution in [0, 0.1) is 5.92 Å². The number of benzene rings is 1.